The molecular weight excluding hydrogens is 392 g/mol. The standard InChI is InChI=1S/C17H22O.C7H7Cl.C2H6.CH4O/c1-6-16(11-14(4)18)13(3)10-17-9-7-8-12(2)15(17)5;1-6-4-2-3-5-7(6)8;2*1-2/h6-9H,1,10-11H2,2-5H3;2-5H,1H3;1-2H3;2H,1H3/b16-13-;;;. The Hall–Kier alpha value is -2.16. The minimum absolute atomic E-state index is 0.185. The molecule has 0 spiro atoms. The van der Waals surface area contributed by atoms with Gasteiger partial charge >= 0.3 is 0 Å². The summed E-state index contributed by atoms with van der Waals surface area (Å²) in [5, 5.41) is 7.84. The molecule has 3 heteroatoms. The molecule has 0 aliphatic rings. The lowest BCUT2D eigenvalue weighted by Gasteiger charge is -2.11. The zero-order chi connectivity index (χ0) is 23.7. The summed E-state index contributed by atoms with van der Waals surface area (Å²) in [6, 6.07) is 14.1. The Balaban J connectivity index is 0. The third-order valence-electron chi connectivity index (χ3n) is 4.48. The second-order valence-corrected chi connectivity index (χ2v) is 7.08. The zero-order valence-electron chi connectivity index (χ0n) is 20.0. The molecule has 0 aromatic heterocycles. The van der Waals surface area contributed by atoms with Gasteiger partial charge < -0.3 is 5.11 Å². The highest BCUT2D eigenvalue weighted by atomic mass is 35.5. The normalized spacial score (nSPS) is 10.1. The number of rotatable bonds is 5. The van der Waals surface area contributed by atoms with Crippen molar-refractivity contribution in [3.8, 4) is 0 Å². The highest BCUT2D eigenvalue weighted by Crippen LogP contribution is 2.20. The highest BCUT2D eigenvalue weighted by molar-refractivity contribution is 6.31. The maximum atomic E-state index is 11.2. The Morgan fingerprint density at radius 3 is 1.93 bits per heavy atom. The van der Waals surface area contributed by atoms with Crippen LogP contribution in [0.4, 0.5) is 0 Å². The number of aryl methyl sites for hydroxylation is 2. The maximum absolute atomic E-state index is 11.2. The fourth-order valence-electron chi connectivity index (χ4n) is 2.62. The molecule has 2 aromatic rings. The van der Waals surface area contributed by atoms with Gasteiger partial charge in [0, 0.05) is 18.6 Å². The summed E-state index contributed by atoms with van der Waals surface area (Å²) in [7, 11) is 1.00. The lowest BCUT2D eigenvalue weighted by molar-refractivity contribution is -0.116. The topological polar surface area (TPSA) is 37.3 Å². The van der Waals surface area contributed by atoms with Crippen molar-refractivity contribution >= 4 is 17.4 Å². The summed E-state index contributed by atoms with van der Waals surface area (Å²) in [6.45, 7) is 17.8. The monoisotopic (exact) mass is 430 g/mol. The van der Waals surface area contributed by atoms with E-state index in [9.17, 15) is 4.79 Å². The van der Waals surface area contributed by atoms with Gasteiger partial charge in [0.2, 0.25) is 0 Å². The third kappa shape index (κ3) is 11.7. The summed E-state index contributed by atoms with van der Waals surface area (Å²) in [5.74, 6) is 0.185. The average Bonchev–Trinajstić information content (AvgIpc) is 2.75. The van der Waals surface area contributed by atoms with Gasteiger partial charge in [0.05, 0.1) is 0 Å². The third-order valence-corrected chi connectivity index (χ3v) is 4.91. The number of hydrogen-bond acceptors (Lipinski definition) is 2. The molecule has 2 aromatic carbocycles. The Bertz CT molecular complexity index is 783. The summed E-state index contributed by atoms with van der Waals surface area (Å²) in [5.41, 5.74) is 7.40. The Kier molecular flexibility index (Phi) is 17.7. The van der Waals surface area contributed by atoms with E-state index in [1.807, 2.05) is 51.1 Å². The minimum Gasteiger partial charge on any atom is -0.400 e. The second-order valence-electron chi connectivity index (χ2n) is 6.67. The smallest absolute Gasteiger partial charge is 0.134 e. The van der Waals surface area contributed by atoms with E-state index in [2.05, 4.69) is 45.5 Å². The van der Waals surface area contributed by atoms with Gasteiger partial charge in [-0.25, -0.2) is 0 Å². The van der Waals surface area contributed by atoms with Gasteiger partial charge in [0.1, 0.15) is 5.78 Å². The molecule has 0 aliphatic heterocycles. The van der Waals surface area contributed by atoms with Crippen LogP contribution >= 0.6 is 11.6 Å². The van der Waals surface area contributed by atoms with Gasteiger partial charge in [-0.05, 0) is 74.9 Å². The Labute approximate surface area is 189 Å². The number of Topliss-reactive ketones (excluding diaryl/α,β-unsaturated/α-hetero) is 1. The largest absolute Gasteiger partial charge is 0.400 e. The SMILES string of the molecule is C=C/C(CC(C)=O)=C(\C)Cc1cccc(C)c1C.CC.CO.Cc1ccccc1Cl. The number of hydrogen-bond donors (Lipinski definition) is 1. The molecular formula is C27H39ClO2. The van der Waals surface area contributed by atoms with Crippen LogP contribution in [0.1, 0.15) is 56.4 Å². The predicted molar refractivity (Wildman–Crippen MR) is 133 cm³/mol. The van der Waals surface area contributed by atoms with Gasteiger partial charge in [-0.15, -0.1) is 0 Å². The number of allylic oxidation sites excluding steroid dienone is 3. The van der Waals surface area contributed by atoms with Crippen LogP contribution in [-0.4, -0.2) is 18.0 Å². The van der Waals surface area contributed by atoms with Crippen molar-refractivity contribution in [3.63, 3.8) is 0 Å². The molecule has 0 radical (unpaired) electrons. The van der Waals surface area contributed by atoms with Crippen LogP contribution < -0.4 is 0 Å². The molecule has 0 saturated carbocycles. The molecule has 2 rings (SSSR count). The first-order chi connectivity index (χ1) is 14.3. The Morgan fingerprint density at radius 1 is 0.967 bits per heavy atom. The van der Waals surface area contributed by atoms with Crippen molar-refractivity contribution in [3.05, 3.63) is 93.5 Å². The fraction of sp³-hybridized carbons (Fsp3) is 0.370. The molecule has 166 valence electrons. The molecule has 0 bridgehead atoms. The zero-order valence-corrected chi connectivity index (χ0v) is 20.7. The van der Waals surface area contributed by atoms with E-state index in [0.29, 0.717) is 6.42 Å². The van der Waals surface area contributed by atoms with Crippen molar-refractivity contribution in [2.24, 2.45) is 0 Å². The number of ketones is 1. The minimum atomic E-state index is 0.185. The lowest BCUT2D eigenvalue weighted by atomic mass is 9.94. The van der Waals surface area contributed by atoms with E-state index >= 15 is 0 Å². The van der Waals surface area contributed by atoms with Crippen molar-refractivity contribution in [1.82, 2.24) is 0 Å². The summed E-state index contributed by atoms with van der Waals surface area (Å²) < 4.78 is 0. The first-order valence-electron chi connectivity index (χ1n) is 10.3. The van der Waals surface area contributed by atoms with Crippen LogP contribution in [0.5, 0.6) is 0 Å². The van der Waals surface area contributed by atoms with E-state index in [0.717, 1.165) is 29.7 Å². The summed E-state index contributed by atoms with van der Waals surface area (Å²) in [4.78, 5) is 11.2. The van der Waals surface area contributed by atoms with Crippen LogP contribution in [0.25, 0.3) is 0 Å². The number of carbonyl (C=O) groups excluding carboxylic acids is 1. The first kappa shape index (κ1) is 30.0. The van der Waals surface area contributed by atoms with E-state index in [1.54, 1.807) is 6.92 Å². The van der Waals surface area contributed by atoms with E-state index in [4.69, 9.17) is 16.7 Å². The summed E-state index contributed by atoms with van der Waals surface area (Å²) in [6.07, 6.45) is 3.18. The van der Waals surface area contributed by atoms with E-state index in [1.165, 1.54) is 22.3 Å². The molecule has 0 unspecified atom stereocenters. The predicted octanol–water partition coefficient (Wildman–Crippen LogP) is 7.61. The molecule has 0 saturated heterocycles. The first-order valence-corrected chi connectivity index (χ1v) is 10.7. The molecule has 0 fully saturated rings. The number of halogens is 1. The van der Waals surface area contributed by atoms with Gasteiger partial charge in [0.15, 0.2) is 0 Å². The van der Waals surface area contributed by atoms with Crippen molar-refractivity contribution < 1.29 is 9.90 Å². The number of carbonyl (C=O) groups is 1. The summed E-state index contributed by atoms with van der Waals surface area (Å²) >= 11 is 5.71. The van der Waals surface area contributed by atoms with Crippen LogP contribution in [0, 0.1) is 20.8 Å². The van der Waals surface area contributed by atoms with E-state index < -0.39 is 0 Å². The second kappa shape index (κ2) is 17.7. The van der Waals surface area contributed by atoms with Crippen molar-refractivity contribution in [2.45, 2.75) is 61.3 Å². The molecule has 0 amide bonds. The van der Waals surface area contributed by atoms with Crippen molar-refractivity contribution in [1.29, 1.82) is 0 Å². The molecule has 30 heavy (non-hydrogen) atoms. The average molecular weight is 431 g/mol. The van der Waals surface area contributed by atoms with Crippen molar-refractivity contribution in [2.75, 3.05) is 7.11 Å². The van der Waals surface area contributed by atoms with Gasteiger partial charge in [0.25, 0.3) is 0 Å². The highest BCUT2D eigenvalue weighted by Gasteiger charge is 2.06. The maximum Gasteiger partial charge on any atom is 0.134 e. The number of benzene rings is 2. The van der Waals surface area contributed by atoms with E-state index in [-0.39, 0.29) is 5.78 Å². The molecule has 2 nitrogen and oxygen atoms in total. The fourth-order valence-corrected chi connectivity index (χ4v) is 2.75. The number of aliphatic hydroxyl groups is 1. The quantitative estimate of drug-likeness (QED) is 0.495. The van der Waals surface area contributed by atoms with Gasteiger partial charge in [-0.2, -0.15) is 0 Å². The van der Waals surface area contributed by atoms with Crippen LogP contribution in [0.2, 0.25) is 5.02 Å². The molecule has 0 atom stereocenters. The molecule has 0 heterocycles. The Morgan fingerprint density at radius 2 is 1.50 bits per heavy atom. The van der Waals surface area contributed by atoms with Gasteiger partial charge in [-0.1, -0.05) is 80.1 Å². The van der Waals surface area contributed by atoms with Gasteiger partial charge in [-0.3, -0.25) is 4.79 Å². The van der Waals surface area contributed by atoms with Crippen LogP contribution in [0.3, 0.4) is 0 Å². The number of aliphatic hydroxyl groups excluding tert-OH is 1. The van der Waals surface area contributed by atoms with Crippen LogP contribution in [-0.2, 0) is 11.2 Å². The van der Waals surface area contributed by atoms with Crippen LogP contribution in [0.15, 0.2) is 66.3 Å². The molecule has 0 aliphatic carbocycles. The molecule has 1 N–H and O–H groups in total. The lowest BCUT2D eigenvalue weighted by Crippen LogP contribution is -1.99.